The largest absolute Gasteiger partial charge is 0.419 e. The third-order valence-corrected chi connectivity index (χ3v) is 2.97. The van der Waals surface area contributed by atoms with Gasteiger partial charge in [0.1, 0.15) is 0 Å². The van der Waals surface area contributed by atoms with E-state index in [0.29, 0.717) is 11.8 Å². The predicted octanol–water partition coefficient (Wildman–Crippen LogP) is 3.11. The number of rotatable bonds is 5. The number of aromatic nitrogens is 2. The molecule has 0 bridgehead atoms. The van der Waals surface area contributed by atoms with Gasteiger partial charge in [-0.3, -0.25) is 0 Å². The van der Waals surface area contributed by atoms with Gasteiger partial charge in [0, 0.05) is 5.56 Å². The number of nitrogens with one attached hydrogen (secondary N) is 1. The lowest BCUT2D eigenvalue weighted by molar-refractivity contribution is 0.402. The fraction of sp³-hybridized carbons (Fsp3) is 0.429. The van der Waals surface area contributed by atoms with E-state index in [1.807, 2.05) is 31.2 Å². The maximum absolute atomic E-state index is 5.77. The van der Waals surface area contributed by atoms with Crippen molar-refractivity contribution in [2.75, 3.05) is 6.54 Å². The normalized spacial score (nSPS) is 12.6. The maximum atomic E-state index is 5.77. The Hall–Kier alpha value is -1.68. The highest BCUT2D eigenvalue weighted by Crippen LogP contribution is 2.24. The topological polar surface area (TPSA) is 51.0 Å². The summed E-state index contributed by atoms with van der Waals surface area (Å²) in [4.78, 5) is 0. The fourth-order valence-corrected chi connectivity index (χ4v) is 1.95. The van der Waals surface area contributed by atoms with Gasteiger partial charge in [-0.25, -0.2) is 0 Å². The van der Waals surface area contributed by atoms with Crippen molar-refractivity contribution in [3.63, 3.8) is 0 Å². The molecule has 1 unspecified atom stereocenters. The molecule has 4 heteroatoms. The summed E-state index contributed by atoms with van der Waals surface area (Å²) in [6.07, 6.45) is 0.934. The van der Waals surface area contributed by atoms with Crippen LogP contribution in [0.4, 0.5) is 0 Å². The highest BCUT2D eigenvalue weighted by Gasteiger charge is 2.17. The first-order valence-corrected chi connectivity index (χ1v) is 6.39. The molecule has 1 N–H and O–H groups in total. The second-order valence-corrected chi connectivity index (χ2v) is 4.28. The third-order valence-electron chi connectivity index (χ3n) is 2.97. The summed E-state index contributed by atoms with van der Waals surface area (Å²) in [7, 11) is 0. The number of hydrogen-bond donors (Lipinski definition) is 1. The van der Waals surface area contributed by atoms with Gasteiger partial charge >= 0.3 is 0 Å². The Kier molecular flexibility index (Phi) is 4.10. The average Bonchev–Trinajstić information content (AvgIpc) is 2.85. The smallest absolute Gasteiger partial charge is 0.248 e. The zero-order chi connectivity index (χ0) is 13.0. The molecular formula is C14H19N3O. The van der Waals surface area contributed by atoms with E-state index in [1.54, 1.807) is 0 Å². The van der Waals surface area contributed by atoms with Gasteiger partial charge in [0.15, 0.2) is 0 Å². The molecule has 0 amide bonds. The summed E-state index contributed by atoms with van der Waals surface area (Å²) in [5, 5.41) is 11.6. The quantitative estimate of drug-likeness (QED) is 0.879. The molecule has 1 heterocycles. The summed E-state index contributed by atoms with van der Waals surface area (Å²) in [6.45, 7) is 7.10. The Labute approximate surface area is 107 Å². The molecule has 0 spiro atoms. The molecule has 0 saturated carbocycles. The van der Waals surface area contributed by atoms with E-state index in [0.717, 1.165) is 24.1 Å². The monoisotopic (exact) mass is 245 g/mol. The molecule has 2 aromatic rings. The first-order valence-electron chi connectivity index (χ1n) is 6.39. The van der Waals surface area contributed by atoms with Crippen LogP contribution < -0.4 is 5.32 Å². The third kappa shape index (κ3) is 2.59. The average molecular weight is 245 g/mol. The standard InChI is InChI=1S/C14H19N3O/c1-4-12(15-5-2)14-17-16-13(18-14)11-9-7-6-8-10(11)3/h6-9,12,15H,4-5H2,1-3H3. The molecule has 1 atom stereocenters. The van der Waals surface area contributed by atoms with E-state index in [9.17, 15) is 0 Å². The molecule has 0 aliphatic carbocycles. The molecule has 18 heavy (non-hydrogen) atoms. The molecule has 0 fully saturated rings. The van der Waals surface area contributed by atoms with Gasteiger partial charge in [-0.1, -0.05) is 32.0 Å². The van der Waals surface area contributed by atoms with Crippen LogP contribution in [0.3, 0.4) is 0 Å². The molecule has 0 saturated heterocycles. The summed E-state index contributed by atoms with van der Waals surface area (Å²) < 4.78 is 5.77. The fourth-order valence-electron chi connectivity index (χ4n) is 1.95. The molecule has 1 aromatic heterocycles. The minimum atomic E-state index is 0.139. The number of nitrogens with zero attached hydrogens (tertiary/aromatic N) is 2. The van der Waals surface area contributed by atoms with Crippen molar-refractivity contribution in [1.29, 1.82) is 0 Å². The van der Waals surface area contributed by atoms with E-state index in [4.69, 9.17) is 4.42 Å². The first-order chi connectivity index (χ1) is 8.76. The van der Waals surface area contributed by atoms with Crippen LogP contribution in [-0.2, 0) is 0 Å². The Bertz CT molecular complexity index is 507. The summed E-state index contributed by atoms with van der Waals surface area (Å²) in [5.41, 5.74) is 2.15. The lowest BCUT2D eigenvalue weighted by Crippen LogP contribution is -2.20. The minimum absolute atomic E-state index is 0.139. The van der Waals surface area contributed by atoms with Crippen molar-refractivity contribution in [2.24, 2.45) is 0 Å². The van der Waals surface area contributed by atoms with Gasteiger partial charge in [0.2, 0.25) is 11.8 Å². The summed E-state index contributed by atoms with van der Waals surface area (Å²) >= 11 is 0. The van der Waals surface area contributed by atoms with Crippen LogP contribution in [0.15, 0.2) is 28.7 Å². The Morgan fingerprint density at radius 2 is 2.00 bits per heavy atom. The van der Waals surface area contributed by atoms with E-state index in [2.05, 4.69) is 29.4 Å². The zero-order valence-electron chi connectivity index (χ0n) is 11.1. The molecule has 2 rings (SSSR count). The Morgan fingerprint density at radius 3 is 2.67 bits per heavy atom. The molecule has 0 aliphatic heterocycles. The number of benzene rings is 1. The Balaban J connectivity index is 2.28. The van der Waals surface area contributed by atoms with Crippen molar-refractivity contribution in [3.05, 3.63) is 35.7 Å². The zero-order valence-corrected chi connectivity index (χ0v) is 11.1. The highest BCUT2D eigenvalue weighted by molar-refractivity contribution is 5.57. The molecule has 0 radical (unpaired) electrons. The van der Waals surface area contributed by atoms with Gasteiger partial charge in [-0.15, -0.1) is 10.2 Å². The van der Waals surface area contributed by atoms with Crippen molar-refractivity contribution < 1.29 is 4.42 Å². The molecular weight excluding hydrogens is 226 g/mol. The van der Waals surface area contributed by atoms with E-state index < -0.39 is 0 Å². The summed E-state index contributed by atoms with van der Waals surface area (Å²) in [6, 6.07) is 8.17. The number of hydrogen-bond acceptors (Lipinski definition) is 4. The van der Waals surface area contributed by atoms with Crippen LogP contribution in [0, 0.1) is 6.92 Å². The van der Waals surface area contributed by atoms with Crippen molar-refractivity contribution in [1.82, 2.24) is 15.5 Å². The van der Waals surface area contributed by atoms with Crippen molar-refractivity contribution in [2.45, 2.75) is 33.2 Å². The van der Waals surface area contributed by atoms with Crippen LogP contribution in [-0.4, -0.2) is 16.7 Å². The van der Waals surface area contributed by atoms with Gasteiger partial charge in [-0.2, -0.15) is 0 Å². The lowest BCUT2D eigenvalue weighted by Gasteiger charge is -2.10. The SMILES string of the molecule is CCNC(CC)c1nnc(-c2ccccc2C)o1. The lowest BCUT2D eigenvalue weighted by atomic mass is 10.1. The molecule has 4 nitrogen and oxygen atoms in total. The van der Waals surface area contributed by atoms with E-state index >= 15 is 0 Å². The highest BCUT2D eigenvalue weighted by atomic mass is 16.4. The van der Waals surface area contributed by atoms with E-state index in [-0.39, 0.29) is 6.04 Å². The maximum Gasteiger partial charge on any atom is 0.248 e. The van der Waals surface area contributed by atoms with Crippen LogP contribution in [0.2, 0.25) is 0 Å². The van der Waals surface area contributed by atoms with Gasteiger partial charge in [0.25, 0.3) is 0 Å². The van der Waals surface area contributed by atoms with Gasteiger partial charge in [-0.05, 0) is 31.5 Å². The minimum Gasteiger partial charge on any atom is -0.419 e. The van der Waals surface area contributed by atoms with Crippen molar-refractivity contribution >= 4 is 0 Å². The second kappa shape index (κ2) is 5.78. The van der Waals surface area contributed by atoms with Crippen LogP contribution in [0.5, 0.6) is 0 Å². The van der Waals surface area contributed by atoms with E-state index in [1.165, 1.54) is 0 Å². The van der Waals surface area contributed by atoms with Gasteiger partial charge < -0.3 is 9.73 Å². The second-order valence-electron chi connectivity index (χ2n) is 4.28. The van der Waals surface area contributed by atoms with Crippen molar-refractivity contribution in [3.8, 4) is 11.5 Å². The first kappa shape index (κ1) is 12.8. The number of aryl methyl sites for hydroxylation is 1. The predicted molar refractivity (Wildman–Crippen MR) is 71.2 cm³/mol. The summed E-state index contributed by atoms with van der Waals surface area (Å²) in [5.74, 6) is 1.26. The Morgan fingerprint density at radius 1 is 1.22 bits per heavy atom. The van der Waals surface area contributed by atoms with Gasteiger partial charge in [0.05, 0.1) is 6.04 Å². The molecule has 1 aromatic carbocycles. The van der Waals surface area contributed by atoms with Crippen LogP contribution in [0.25, 0.3) is 11.5 Å². The molecule has 96 valence electrons. The molecule has 0 aliphatic rings. The van der Waals surface area contributed by atoms with Crippen LogP contribution >= 0.6 is 0 Å². The van der Waals surface area contributed by atoms with Crippen LogP contribution in [0.1, 0.15) is 37.8 Å².